The largest absolute Gasteiger partial charge is 0.387 e. The number of likely N-dealkylation sites (N-methyl/N-ethyl adjacent to an activating group) is 1. The monoisotopic (exact) mass is 283 g/mol. The highest BCUT2D eigenvalue weighted by Crippen LogP contribution is 2.23. The fourth-order valence-corrected chi connectivity index (χ4v) is 2.21. The van der Waals surface area contributed by atoms with Crippen LogP contribution in [-0.2, 0) is 0 Å². The van der Waals surface area contributed by atoms with Crippen LogP contribution in [0.2, 0.25) is 0 Å². The summed E-state index contributed by atoms with van der Waals surface area (Å²) in [6.45, 7) is 7.26. The van der Waals surface area contributed by atoms with Crippen molar-refractivity contribution < 1.29 is 5.11 Å². The fraction of sp³-hybridized carbons (Fsp3) is 0.385. The second kappa shape index (κ2) is 6.18. The Morgan fingerprint density at radius 1 is 1.50 bits per heavy atom. The summed E-state index contributed by atoms with van der Waals surface area (Å²) in [6.07, 6.45) is -0.472. The van der Waals surface area contributed by atoms with Gasteiger partial charge in [-0.25, -0.2) is 0 Å². The number of aliphatic hydroxyl groups is 1. The molecule has 0 spiro atoms. The molecule has 0 saturated carbocycles. The van der Waals surface area contributed by atoms with Crippen LogP contribution in [0.3, 0.4) is 0 Å². The van der Waals surface area contributed by atoms with E-state index in [-0.39, 0.29) is 0 Å². The Morgan fingerprint density at radius 3 is 2.69 bits per heavy atom. The van der Waals surface area contributed by atoms with Crippen LogP contribution < -0.4 is 0 Å². The van der Waals surface area contributed by atoms with E-state index >= 15 is 0 Å². The molecule has 1 aromatic rings. The zero-order chi connectivity index (χ0) is 12.1. The van der Waals surface area contributed by atoms with Crippen LogP contribution in [0, 0.1) is 0 Å². The van der Waals surface area contributed by atoms with Gasteiger partial charge in [0, 0.05) is 17.6 Å². The van der Waals surface area contributed by atoms with E-state index in [1.54, 1.807) is 0 Å². The lowest BCUT2D eigenvalue weighted by atomic mass is 10.1. The fourth-order valence-electron chi connectivity index (χ4n) is 1.66. The third-order valence-electron chi connectivity index (χ3n) is 2.29. The summed E-state index contributed by atoms with van der Waals surface area (Å²) in [4.78, 5) is 2.06. The Kier molecular flexibility index (Phi) is 5.19. The molecule has 0 fully saturated rings. The van der Waals surface area contributed by atoms with Gasteiger partial charge in [-0.05, 0) is 25.6 Å². The Morgan fingerprint density at radius 2 is 2.12 bits per heavy atom. The average Bonchev–Trinajstić information content (AvgIpc) is 2.16. The smallest absolute Gasteiger partial charge is 0.0927 e. The van der Waals surface area contributed by atoms with Gasteiger partial charge in [0.2, 0.25) is 0 Å². The Hall–Kier alpha value is -0.640. The van der Waals surface area contributed by atoms with E-state index in [4.69, 9.17) is 0 Å². The predicted octanol–water partition coefficient (Wildman–Crippen LogP) is 2.99. The van der Waals surface area contributed by atoms with Gasteiger partial charge >= 0.3 is 0 Å². The molecule has 1 atom stereocenters. The molecule has 1 unspecified atom stereocenters. The van der Waals surface area contributed by atoms with E-state index in [0.29, 0.717) is 6.54 Å². The minimum absolute atomic E-state index is 0.472. The van der Waals surface area contributed by atoms with Gasteiger partial charge in [0.25, 0.3) is 0 Å². The molecule has 88 valence electrons. The molecule has 0 bridgehead atoms. The maximum absolute atomic E-state index is 10.1. The van der Waals surface area contributed by atoms with E-state index in [0.717, 1.165) is 22.2 Å². The van der Waals surface area contributed by atoms with Gasteiger partial charge in [-0.1, -0.05) is 46.3 Å². The summed E-state index contributed by atoms with van der Waals surface area (Å²) in [5, 5.41) is 10.1. The summed E-state index contributed by atoms with van der Waals surface area (Å²) in [6, 6.07) is 7.75. The molecule has 16 heavy (non-hydrogen) atoms. The molecule has 0 radical (unpaired) electrons. The van der Waals surface area contributed by atoms with Gasteiger partial charge in [-0.15, -0.1) is 0 Å². The zero-order valence-electron chi connectivity index (χ0n) is 9.78. The first-order valence-electron chi connectivity index (χ1n) is 5.26. The molecule has 3 heteroatoms. The molecule has 0 heterocycles. The Bertz CT molecular complexity index is 365. The van der Waals surface area contributed by atoms with Crippen molar-refractivity contribution in [2.45, 2.75) is 13.0 Å². The maximum Gasteiger partial charge on any atom is 0.0927 e. The van der Waals surface area contributed by atoms with Crippen LogP contribution in [0.25, 0.3) is 0 Å². The Balaban J connectivity index is 2.62. The molecule has 1 aromatic carbocycles. The highest BCUT2D eigenvalue weighted by Gasteiger charge is 2.12. The highest BCUT2D eigenvalue weighted by molar-refractivity contribution is 9.10. The topological polar surface area (TPSA) is 23.5 Å². The van der Waals surface area contributed by atoms with Crippen LogP contribution in [0.4, 0.5) is 0 Å². The standard InChI is InChI=1S/C13H18BrNO/c1-10(2)8-15(3)9-13(16)11-6-4-5-7-12(11)14/h4-7,13,16H,1,8-9H2,2-3H3. The quantitative estimate of drug-likeness (QED) is 0.840. The predicted molar refractivity (Wildman–Crippen MR) is 71.4 cm³/mol. The first kappa shape index (κ1) is 13.4. The van der Waals surface area contributed by atoms with Crippen molar-refractivity contribution in [3.05, 3.63) is 46.5 Å². The van der Waals surface area contributed by atoms with Crippen LogP contribution >= 0.6 is 15.9 Å². The number of benzene rings is 1. The number of hydrogen-bond donors (Lipinski definition) is 1. The van der Waals surface area contributed by atoms with Gasteiger partial charge in [0.05, 0.1) is 6.10 Å². The van der Waals surface area contributed by atoms with Crippen LogP contribution in [0.15, 0.2) is 40.9 Å². The highest BCUT2D eigenvalue weighted by atomic mass is 79.9. The summed E-state index contributed by atoms with van der Waals surface area (Å²) in [5.41, 5.74) is 2.03. The summed E-state index contributed by atoms with van der Waals surface area (Å²) < 4.78 is 0.950. The number of rotatable bonds is 5. The molecule has 2 nitrogen and oxygen atoms in total. The third-order valence-corrected chi connectivity index (χ3v) is 3.01. The van der Waals surface area contributed by atoms with Gasteiger partial charge in [-0.3, -0.25) is 4.90 Å². The first-order chi connectivity index (χ1) is 7.50. The molecule has 1 rings (SSSR count). The molecular weight excluding hydrogens is 266 g/mol. The SMILES string of the molecule is C=C(C)CN(C)CC(O)c1ccccc1Br. The van der Waals surface area contributed by atoms with Gasteiger partial charge in [0.1, 0.15) is 0 Å². The van der Waals surface area contributed by atoms with Crippen molar-refractivity contribution in [2.75, 3.05) is 20.1 Å². The molecule has 0 aliphatic heterocycles. The second-order valence-corrected chi connectivity index (χ2v) is 5.05. The molecule has 0 aliphatic rings. The average molecular weight is 284 g/mol. The van der Waals surface area contributed by atoms with Gasteiger partial charge < -0.3 is 5.11 Å². The minimum Gasteiger partial charge on any atom is -0.387 e. The van der Waals surface area contributed by atoms with Crippen molar-refractivity contribution in [1.82, 2.24) is 4.90 Å². The number of nitrogens with zero attached hydrogens (tertiary/aromatic N) is 1. The third kappa shape index (κ3) is 4.08. The van der Waals surface area contributed by atoms with Crippen LogP contribution in [0.1, 0.15) is 18.6 Å². The number of hydrogen-bond acceptors (Lipinski definition) is 2. The first-order valence-corrected chi connectivity index (χ1v) is 6.05. The Labute approximate surface area is 106 Å². The van der Waals surface area contributed by atoms with Crippen molar-refractivity contribution in [1.29, 1.82) is 0 Å². The van der Waals surface area contributed by atoms with E-state index in [1.165, 1.54) is 0 Å². The van der Waals surface area contributed by atoms with E-state index < -0.39 is 6.10 Å². The maximum atomic E-state index is 10.1. The van der Waals surface area contributed by atoms with E-state index in [2.05, 4.69) is 27.4 Å². The summed E-state index contributed by atoms with van der Waals surface area (Å²) in [5.74, 6) is 0. The van der Waals surface area contributed by atoms with Crippen LogP contribution in [0.5, 0.6) is 0 Å². The summed E-state index contributed by atoms with van der Waals surface area (Å²) >= 11 is 3.44. The van der Waals surface area contributed by atoms with Crippen molar-refractivity contribution >= 4 is 15.9 Å². The molecular formula is C13H18BrNO. The van der Waals surface area contributed by atoms with Crippen molar-refractivity contribution in [3.63, 3.8) is 0 Å². The summed E-state index contributed by atoms with van der Waals surface area (Å²) in [7, 11) is 1.98. The zero-order valence-corrected chi connectivity index (χ0v) is 11.4. The number of aliphatic hydroxyl groups excluding tert-OH is 1. The molecule has 0 amide bonds. The normalized spacial score (nSPS) is 12.8. The molecule has 1 N–H and O–H groups in total. The van der Waals surface area contributed by atoms with Gasteiger partial charge in [0.15, 0.2) is 0 Å². The van der Waals surface area contributed by atoms with E-state index in [1.807, 2.05) is 38.2 Å². The van der Waals surface area contributed by atoms with E-state index in [9.17, 15) is 5.11 Å². The van der Waals surface area contributed by atoms with Crippen molar-refractivity contribution in [2.24, 2.45) is 0 Å². The number of halogens is 1. The van der Waals surface area contributed by atoms with Gasteiger partial charge in [-0.2, -0.15) is 0 Å². The van der Waals surface area contributed by atoms with Crippen molar-refractivity contribution in [3.8, 4) is 0 Å². The molecule has 0 aliphatic carbocycles. The lowest BCUT2D eigenvalue weighted by Gasteiger charge is -2.21. The van der Waals surface area contributed by atoms with Crippen LogP contribution in [-0.4, -0.2) is 30.1 Å². The minimum atomic E-state index is -0.472. The molecule has 0 aromatic heterocycles. The lowest BCUT2D eigenvalue weighted by molar-refractivity contribution is 0.130. The molecule has 0 saturated heterocycles. The second-order valence-electron chi connectivity index (χ2n) is 4.19. The lowest BCUT2D eigenvalue weighted by Crippen LogP contribution is -2.26.